The van der Waals surface area contributed by atoms with Crippen molar-refractivity contribution in [1.82, 2.24) is 9.88 Å². The first-order valence-corrected chi connectivity index (χ1v) is 6.28. The van der Waals surface area contributed by atoms with Crippen LogP contribution < -0.4 is 4.74 Å². The van der Waals surface area contributed by atoms with Crippen molar-refractivity contribution in [3.8, 4) is 11.9 Å². The highest BCUT2D eigenvalue weighted by Gasteiger charge is 2.15. The maximum absolute atomic E-state index is 12.0. The second-order valence-corrected chi connectivity index (χ2v) is 4.72. The van der Waals surface area contributed by atoms with Crippen LogP contribution in [-0.2, 0) is 0 Å². The number of hydrogen-bond donors (Lipinski definition) is 0. The van der Waals surface area contributed by atoms with Crippen molar-refractivity contribution in [2.24, 2.45) is 0 Å². The fourth-order valence-corrected chi connectivity index (χ4v) is 1.60. The van der Waals surface area contributed by atoms with Crippen LogP contribution in [0.15, 0.2) is 12.3 Å². The Morgan fingerprint density at radius 1 is 1.63 bits per heavy atom. The van der Waals surface area contributed by atoms with Crippen molar-refractivity contribution in [2.75, 3.05) is 13.6 Å². The van der Waals surface area contributed by atoms with E-state index >= 15 is 0 Å². The van der Waals surface area contributed by atoms with Gasteiger partial charge in [0.05, 0.1) is 24.2 Å². The summed E-state index contributed by atoms with van der Waals surface area (Å²) < 4.78 is 5.39. The molecule has 0 radical (unpaired) electrons. The van der Waals surface area contributed by atoms with Gasteiger partial charge >= 0.3 is 0 Å². The summed E-state index contributed by atoms with van der Waals surface area (Å²) in [6.45, 7) is 4.11. The van der Waals surface area contributed by atoms with E-state index in [4.69, 9.17) is 21.6 Å². The van der Waals surface area contributed by atoms with Crippen molar-refractivity contribution in [3.63, 3.8) is 0 Å². The normalized spacial score (nSPS) is 10.1. The van der Waals surface area contributed by atoms with Crippen LogP contribution in [0.3, 0.4) is 0 Å². The first-order chi connectivity index (χ1) is 8.95. The van der Waals surface area contributed by atoms with Gasteiger partial charge in [-0.15, -0.1) is 0 Å². The zero-order valence-corrected chi connectivity index (χ0v) is 11.9. The standard InChI is InChI=1S/C13H16ClN3O2/c1-9(2)19-12-11(14)7-10(8-16-12)13(18)17(3)6-4-5-15/h7-9H,4,6H2,1-3H3. The van der Waals surface area contributed by atoms with Gasteiger partial charge in [0.25, 0.3) is 5.91 Å². The molecule has 6 heteroatoms. The molecule has 0 N–H and O–H groups in total. The van der Waals surface area contributed by atoms with Crippen LogP contribution in [0, 0.1) is 11.3 Å². The number of nitrogens with zero attached hydrogens (tertiary/aromatic N) is 3. The maximum atomic E-state index is 12.0. The SMILES string of the molecule is CC(C)Oc1ncc(C(=O)N(C)CCC#N)cc1Cl. The van der Waals surface area contributed by atoms with E-state index in [-0.39, 0.29) is 18.4 Å². The maximum Gasteiger partial charge on any atom is 0.255 e. The molecule has 1 aromatic heterocycles. The summed E-state index contributed by atoms with van der Waals surface area (Å²) in [6, 6.07) is 3.52. The molecule has 1 heterocycles. The van der Waals surface area contributed by atoms with E-state index in [1.807, 2.05) is 19.9 Å². The Hall–Kier alpha value is -1.80. The zero-order chi connectivity index (χ0) is 14.4. The lowest BCUT2D eigenvalue weighted by molar-refractivity contribution is 0.0797. The summed E-state index contributed by atoms with van der Waals surface area (Å²) in [5.74, 6) is 0.0913. The molecule has 5 nitrogen and oxygen atoms in total. The van der Waals surface area contributed by atoms with E-state index < -0.39 is 0 Å². The lowest BCUT2D eigenvalue weighted by atomic mass is 10.2. The number of carbonyl (C=O) groups is 1. The highest BCUT2D eigenvalue weighted by atomic mass is 35.5. The minimum absolute atomic E-state index is 0.0372. The Morgan fingerprint density at radius 3 is 2.84 bits per heavy atom. The highest BCUT2D eigenvalue weighted by Crippen LogP contribution is 2.23. The summed E-state index contributed by atoms with van der Waals surface area (Å²) in [7, 11) is 1.63. The molecule has 0 saturated heterocycles. The molecule has 1 rings (SSSR count). The topological polar surface area (TPSA) is 66.2 Å². The average Bonchev–Trinajstić information content (AvgIpc) is 2.37. The number of aromatic nitrogens is 1. The third-order valence-electron chi connectivity index (χ3n) is 2.31. The molecular weight excluding hydrogens is 266 g/mol. The van der Waals surface area contributed by atoms with Crippen molar-refractivity contribution in [3.05, 3.63) is 22.8 Å². The lowest BCUT2D eigenvalue weighted by Crippen LogP contribution is -2.27. The summed E-state index contributed by atoms with van der Waals surface area (Å²) in [6.07, 6.45) is 1.68. The molecule has 0 saturated carbocycles. The molecule has 0 spiro atoms. The number of carbonyl (C=O) groups excluding carboxylic acids is 1. The van der Waals surface area contributed by atoms with E-state index in [9.17, 15) is 4.79 Å². The first-order valence-electron chi connectivity index (χ1n) is 5.90. The Balaban J connectivity index is 2.83. The number of nitriles is 1. The van der Waals surface area contributed by atoms with Gasteiger partial charge in [-0.25, -0.2) is 4.98 Å². The van der Waals surface area contributed by atoms with Gasteiger partial charge in [-0.2, -0.15) is 5.26 Å². The van der Waals surface area contributed by atoms with Gasteiger partial charge in [0.15, 0.2) is 0 Å². The van der Waals surface area contributed by atoms with Crippen LogP contribution >= 0.6 is 11.6 Å². The van der Waals surface area contributed by atoms with Crippen LogP contribution in [0.4, 0.5) is 0 Å². The fourth-order valence-electron chi connectivity index (χ4n) is 1.39. The van der Waals surface area contributed by atoms with Crippen LogP contribution in [0.2, 0.25) is 5.02 Å². The summed E-state index contributed by atoms with van der Waals surface area (Å²) in [4.78, 5) is 17.5. The van der Waals surface area contributed by atoms with Gasteiger partial charge in [-0.05, 0) is 19.9 Å². The third kappa shape index (κ3) is 4.42. The fraction of sp³-hybridized carbons (Fsp3) is 0.462. The molecule has 0 bridgehead atoms. The predicted octanol–water partition coefficient (Wildman–Crippen LogP) is 2.51. The zero-order valence-electron chi connectivity index (χ0n) is 11.2. The van der Waals surface area contributed by atoms with E-state index in [2.05, 4.69) is 4.98 Å². The quantitative estimate of drug-likeness (QED) is 0.832. The van der Waals surface area contributed by atoms with E-state index in [1.165, 1.54) is 17.2 Å². The number of amides is 1. The minimum atomic E-state index is -0.222. The Labute approximate surface area is 117 Å². The number of rotatable bonds is 5. The van der Waals surface area contributed by atoms with E-state index in [0.717, 1.165) is 0 Å². The highest BCUT2D eigenvalue weighted by molar-refractivity contribution is 6.32. The van der Waals surface area contributed by atoms with Gasteiger partial charge in [-0.3, -0.25) is 4.79 Å². The molecule has 19 heavy (non-hydrogen) atoms. The Bertz CT molecular complexity index is 497. The average molecular weight is 282 g/mol. The Kier molecular flexibility index (Phi) is 5.58. The van der Waals surface area contributed by atoms with Gasteiger partial charge in [-0.1, -0.05) is 11.6 Å². The second-order valence-electron chi connectivity index (χ2n) is 4.31. The van der Waals surface area contributed by atoms with Crippen LogP contribution in [0.5, 0.6) is 5.88 Å². The molecule has 0 atom stereocenters. The molecule has 1 aromatic rings. The molecule has 0 aliphatic heterocycles. The van der Waals surface area contributed by atoms with Gasteiger partial charge < -0.3 is 9.64 Å². The molecule has 0 aliphatic rings. The molecule has 0 aliphatic carbocycles. The second kappa shape index (κ2) is 6.95. The molecule has 1 amide bonds. The molecule has 0 unspecified atom stereocenters. The third-order valence-corrected chi connectivity index (χ3v) is 2.58. The molecule has 102 valence electrons. The Morgan fingerprint density at radius 2 is 2.32 bits per heavy atom. The van der Waals surface area contributed by atoms with Crippen LogP contribution in [0.25, 0.3) is 0 Å². The number of ether oxygens (including phenoxy) is 1. The van der Waals surface area contributed by atoms with Gasteiger partial charge in [0.1, 0.15) is 5.02 Å². The summed E-state index contributed by atoms with van der Waals surface area (Å²) in [5, 5.41) is 8.79. The molecule has 0 fully saturated rings. The lowest BCUT2D eigenvalue weighted by Gasteiger charge is -2.16. The summed E-state index contributed by atoms with van der Waals surface area (Å²) >= 11 is 6.02. The predicted molar refractivity (Wildman–Crippen MR) is 72.2 cm³/mol. The van der Waals surface area contributed by atoms with Crippen LogP contribution in [0.1, 0.15) is 30.6 Å². The van der Waals surface area contributed by atoms with Crippen LogP contribution in [-0.4, -0.2) is 35.5 Å². The van der Waals surface area contributed by atoms with Crippen molar-refractivity contribution in [2.45, 2.75) is 26.4 Å². The van der Waals surface area contributed by atoms with Crippen molar-refractivity contribution < 1.29 is 9.53 Å². The number of hydrogen-bond acceptors (Lipinski definition) is 4. The minimum Gasteiger partial charge on any atom is -0.474 e. The monoisotopic (exact) mass is 281 g/mol. The van der Waals surface area contributed by atoms with E-state index in [1.54, 1.807) is 7.05 Å². The first kappa shape index (κ1) is 15.3. The number of pyridine rings is 1. The van der Waals surface area contributed by atoms with Crippen molar-refractivity contribution >= 4 is 17.5 Å². The van der Waals surface area contributed by atoms with E-state index in [0.29, 0.717) is 23.0 Å². The van der Waals surface area contributed by atoms with Gasteiger partial charge in [0.2, 0.25) is 5.88 Å². The van der Waals surface area contributed by atoms with Crippen molar-refractivity contribution in [1.29, 1.82) is 5.26 Å². The largest absolute Gasteiger partial charge is 0.474 e. The molecule has 0 aromatic carbocycles. The smallest absolute Gasteiger partial charge is 0.255 e. The van der Waals surface area contributed by atoms with Gasteiger partial charge in [0, 0.05) is 19.8 Å². The number of halogens is 1. The summed E-state index contributed by atoms with van der Waals surface area (Å²) in [5.41, 5.74) is 0.376. The molecular formula is C13H16ClN3O2.